The summed E-state index contributed by atoms with van der Waals surface area (Å²) in [5.74, 6) is -3.35. The molecule has 8 nitrogen and oxygen atoms in total. The Morgan fingerprint density at radius 1 is 1.24 bits per heavy atom. The maximum atomic E-state index is 14.7. The lowest BCUT2D eigenvalue weighted by Gasteiger charge is -2.18. The molecule has 1 unspecified atom stereocenters. The van der Waals surface area contributed by atoms with Crippen LogP contribution in [-0.2, 0) is 9.59 Å². The summed E-state index contributed by atoms with van der Waals surface area (Å²) < 4.78 is 20.2. The van der Waals surface area contributed by atoms with Gasteiger partial charge in [0.15, 0.2) is 17.6 Å². The molecule has 0 radical (unpaired) electrons. The van der Waals surface area contributed by atoms with Crippen molar-refractivity contribution in [2.24, 2.45) is 5.10 Å². The number of carbonyl (C=O) groups is 3. The molecule has 150 valence electrons. The Morgan fingerprint density at radius 2 is 1.97 bits per heavy atom. The normalized spacial score (nSPS) is 15.2. The molecule has 29 heavy (non-hydrogen) atoms. The van der Waals surface area contributed by atoms with E-state index in [0.29, 0.717) is 5.75 Å². The minimum Gasteiger partial charge on any atom is -0.480 e. The zero-order chi connectivity index (χ0) is 21.0. The van der Waals surface area contributed by atoms with Crippen LogP contribution < -0.4 is 10.1 Å². The number of aliphatic carboxylic acids is 1. The van der Waals surface area contributed by atoms with Crippen LogP contribution in [0.3, 0.4) is 0 Å². The van der Waals surface area contributed by atoms with Crippen LogP contribution in [0.4, 0.5) is 4.39 Å². The maximum absolute atomic E-state index is 14.7. The molecule has 0 saturated carbocycles. The van der Waals surface area contributed by atoms with Gasteiger partial charge in [0, 0.05) is 12.6 Å². The molecular formula is C20H18FN3O5. The van der Waals surface area contributed by atoms with Crippen molar-refractivity contribution in [3.05, 3.63) is 59.4 Å². The van der Waals surface area contributed by atoms with E-state index in [2.05, 4.69) is 10.4 Å². The topological polar surface area (TPSA) is 108 Å². The van der Waals surface area contributed by atoms with Crippen LogP contribution in [0.15, 0.2) is 47.6 Å². The molecule has 0 aliphatic carbocycles. The first-order valence-electron chi connectivity index (χ1n) is 8.75. The number of hydrazone groups is 1. The van der Waals surface area contributed by atoms with E-state index in [-0.39, 0.29) is 17.7 Å². The van der Waals surface area contributed by atoms with Gasteiger partial charge in [-0.2, -0.15) is 5.10 Å². The molecule has 0 aromatic heterocycles. The summed E-state index contributed by atoms with van der Waals surface area (Å²) in [5, 5.41) is 15.8. The van der Waals surface area contributed by atoms with Crippen LogP contribution in [0.25, 0.3) is 0 Å². The number of carboxylic acids is 1. The third-order valence-electron chi connectivity index (χ3n) is 4.23. The minimum absolute atomic E-state index is 0.0854. The molecule has 2 aromatic carbocycles. The standard InChI is InChI=1S/C20H18FN3O5/c1-12-5-7-13(8-6-12)29-16-4-2-3-14(18(16)21)19(26)22-11-17(25)24-15(20(27)28)9-10-23-24/h2-8,10,15H,9,11H2,1H3,(H,22,26)(H,27,28). The predicted octanol–water partition coefficient (Wildman–Crippen LogP) is 2.33. The quantitative estimate of drug-likeness (QED) is 0.775. The lowest BCUT2D eigenvalue weighted by Crippen LogP contribution is -2.43. The number of rotatable bonds is 6. The van der Waals surface area contributed by atoms with Gasteiger partial charge in [0.05, 0.1) is 12.1 Å². The van der Waals surface area contributed by atoms with Crippen molar-refractivity contribution >= 4 is 24.0 Å². The number of hydrogen-bond donors (Lipinski definition) is 2. The number of aryl methyl sites for hydroxylation is 1. The summed E-state index contributed by atoms with van der Waals surface area (Å²) in [7, 11) is 0. The molecule has 2 aromatic rings. The average Bonchev–Trinajstić information content (AvgIpc) is 3.19. The van der Waals surface area contributed by atoms with E-state index >= 15 is 0 Å². The van der Waals surface area contributed by atoms with Crippen LogP contribution in [0.2, 0.25) is 0 Å². The summed E-state index contributed by atoms with van der Waals surface area (Å²) in [6, 6.07) is 9.95. The van der Waals surface area contributed by atoms with Crippen LogP contribution in [-0.4, -0.2) is 46.7 Å². The second-order valence-corrected chi connectivity index (χ2v) is 6.34. The third kappa shape index (κ3) is 4.57. The highest BCUT2D eigenvalue weighted by Crippen LogP contribution is 2.26. The fraction of sp³-hybridized carbons (Fsp3) is 0.200. The number of hydrogen-bond acceptors (Lipinski definition) is 5. The molecule has 1 aliphatic rings. The molecule has 0 spiro atoms. The summed E-state index contributed by atoms with van der Waals surface area (Å²) >= 11 is 0. The molecule has 2 N–H and O–H groups in total. The van der Waals surface area contributed by atoms with Gasteiger partial charge in [-0.05, 0) is 31.2 Å². The van der Waals surface area contributed by atoms with Crippen molar-refractivity contribution in [2.75, 3.05) is 6.54 Å². The van der Waals surface area contributed by atoms with E-state index in [1.165, 1.54) is 24.4 Å². The van der Waals surface area contributed by atoms with Gasteiger partial charge < -0.3 is 15.2 Å². The van der Waals surface area contributed by atoms with E-state index in [1.807, 2.05) is 6.92 Å². The van der Waals surface area contributed by atoms with E-state index in [4.69, 9.17) is 9.84 Å². The van der Waals surface area contributed by atoms with Crippen molar-refractivity contribution < 1.29 is 28.6 Å². The van der Waals surface area contributed by atoms with Gasteiger partial charge in [-0.1, -0.05) is 23.8 Å². The first-order chi connectivity index (χ1) is 13.9. The van der Waals surface area contributed by atoms with E-state index in [1.54, 1.807) is 24.3 Å². The Kier molecular flexibility index (Phi) is 5.87. The number of nitrogens with one attached hydrogen (secondary N) is 1. The maximum Gasteiger partial charge on any atom is 0.329 e. The molecule has 2 amide bonds. The number of ether oxygens (including phenoxy) is 1. The molecule has 9 heteroatoms. The smallest absolute Gasteiger partial charge is 0.329 e. The van der Waals surface area contributed by atoms with Gasteiger partial charge in [-0.3, -0.25) is 9.59 Å². The van der Waals surface area contributed by atoms with Crippen molar-refractivity contribution in [3.63, 3.8) is 0 Å². The third-order valence-corrected chi connectivity index (χ3v) is 4.23. The highest BCUT2D eigenvalue weighted by atomic mass is 19.1. The largest absolute Gasteiger partial charge is 0.480 e. The zero-order valence-corrected chi connectivity index (χ0v) is 15.5. The molecule has 3 rings (SSSR count). The van der Waals surface area contributed by atoms with E-state index < -0.39 is 36.2 Å². The van der Waals surface area contributed by atoms with Crippen LogP contribution >= 0.6 is 0 Å². The van der Waals surface area contributed by atoms with Gasteiger partial charge in [0.25, 0.3) is 11.8 Å². The first-order valence-corrected chi connectivity index (χ1v) is 8.75. The van der Waals surface area contributed by atoms with Gasteiger partial charge in [0.2, 0.25) is 0 Å². The molecule has 0 bridgehead atoms. The van der Waals surface area contributed by atoms with Gasteiger partial charge in [-0.15, -0.1) is 0 Å². The average molecular weight is 399 g/mol. The predicted molar refractivity (Wildman–Crippen MR) is 101 cm³/mol. The Bertz CT molecular complexity index is 975. The second kappa shape index (κ2) is 8.51. The molecule has 0 saturated heterocycles. The summed E-state index contributed by atoms with van der Waals surface area (Å²) in [5.41, 5.74) is 0.713. The summed E-state index contributed by atoms with van der Waals surface area (Å²) in [4.78, 5) is 35.6. The van der Waals surface area contributed by atoms with Crippen molar-refractivity contribution in [1.82, 2.24) is 10.3 Å². The van der Waals surface area contributed by atoms with Crippen molar-refractivity contribution in [1.29, 1.82) is 0 Å². The first kappa shape index (κ1) is 20.0. The summed E-state index contributed by atoms with van der Waals surface area (Å²) in [6.45, 7) is 1.38. The lowest BCUT2D eigenvalue weighted by molar-refractivity contribution is -0.148. The van der Waals surface area contributed by atoms with E-state index in [0.717, 1.165) is 10.6 Å². The number of benzene rings is 2. The monoisotopic (exact) mass is 399 g/mol. The van der Waals surface area contributed by atoms with Crippen LogP contribution in [0, 0.1) is 12.7 Å². The van der Waals surface area contributed by atoms with Crippen molar-refractivity contribution in [3.8, 4) is 11.5 Å². The molecule has 1 aliphatic heterocycles. The van der Waals surface area contributed by atoms with Crippen LogP contribution in [0.5, 0.6) is 11.5 Å². The number of amides is 2. The number of nitrogens with zero attached hydrogens (tertiary/aromatic N) is 2. The van der Waals surface area contributed by atoms with Crippen molar-refractivity contribution in [2.45, 2.75) is 19.4 Å². The van der Waals surface area contributed by atoms with Gasteiger partial charge in [-0.25, -0.2) is 14.2 Å². The highest BCUT2D eigenvalue weighted by Gasteiger charge is 2.32. The highest BCUT2D eigenvalue weighted by molar-refractivity contribution is 5.98. The molecular weight excluding hydrogens is 381 g/mol. The molecule has 1 atom stereocenters. The van der Waals surface area contributed by atoms with Crippen LogP contribution in [0.1, 0.15) is 22.3 Å². The zero-order valence-electron chi connectivity index (χ0n) is 15.5. The second-order valence-electron chi connectivity index (χ2n) is 6.34. The Hall–Kier alpha value is -3.75. The molecule has 1 heterocycles. The Morgan fingerprint density at radius 3 is 2.66 bits per heavy atom. The van der Waals surface area contributed by atoms with Gasteiger partial charge in [0.1, 0.15) is 5.75 Å². The molecule has 0 fully saturated rings. The van der Waals surface area contributed by atoms with E-state index in [9.17, 15) is 18.8 Å². The Balaban J connectivity index is 1.66. The SMILES string of the molecule is Cc1ccc(Oc2cccc(C(=O)NCC(=O)N3N=CCC3C(=O)O)c2F)cc1. The fourth-order valence-electron chi connectivity index (χ4n) is 2.69. The number of carboxylic acid groups (broad SMARTS) is 1. The Labute approximate surface area is 165 Å². The minimum atomic E-state index is -1.20. The van der Waals surface area contributed by atoms with Gasteiger partial charge >= 0.3 is 5.97 Å². The summed E-state index contributed by atoms with van der Waals surface area (Å²) in [6.07, 6.45) is 1.39. The number of halogens is 1. The fourth-order valence-corrected chi connectivity index (χ4v) is 2.69. The number of carbonyl (C=O) groups excluding carboxylic acids is 2. The lowest BCUT2D eigenvalue weighted by atomic mass is 10.1.